The predicted octanol–water partition coefficient (Wildman–Crippen LogP) is 0.941. The van der Waals surface area contributed by atoms with Crippen molar-refractivity contribution in [3.63, 3.8) is 0 Å². The van der Waals surface area contributed by atoms with E-state index in [1.807, 2.05) is 0 Å². The van der Waals surface area contributed by atoms with E-state index < -0.39 is 11.5 Å². The lowest BCUT2D eigenvalue weighted by Gasteiger charge is -2.38. The van der Waals surface area contributed by atoms with Crippen molar-refractivity contribution in [2.45, 2.75) is 50.5 Å². The first-order valence-corrected chi connectivity index (χ1v) is 7.34. The van der Waals surface area contributed by atoms with Gasteiger partial charge in [0.1, 0.15) is 0 Å². The third-order valence-electron chi connectivity index (χ3n) is 3.97. The van der Waals surface area contributed by atoms with Crippen LogP contribution in [0.15, 0.2) is 0 Å². The molecule has 1 aliphatic carbocycles. The average molecular weight is 299 g/mol. The summed E-state index contributed by atoms with van der Waals surface area (Å²) in [7, 11) is 3.15. The first-order chi connectivity index (χ1) is 9.88. The van der Waals surface area contributed by atoms with Crippen LogP contribution in [-0.2, 0) is 9.59 Å². The lowest BCUT2D eigenvalue weighted by atomic mass is 9.79. The number of carbonyl (C=O) groups is 3. The summed E-state index contributed by atoms with van der Waals surface area (Å²) in [5.41, 5.74) is -0.650. The minimum Gasteiger partial charge on any atom is -0.481 e. The number of urea groups is 1. The maximum atomic E-state index is 12.2. The van der Waals surface area contributed by atoms with Crippen molar-refractivity contribution in [3.8, 4) is 0 Å². The minimum absolute atomic E-state index is 0.0535. The molecule has 0 unspecified atom stereocenters. The summed E-state index contributed by atoms with van der Waals surface area (Å²) in [6.45, 7) is 0.300. The van der Waals surface area contributed by atoms with Gasteiger partial charge in [-0.25, -0.2) is 4.79 Å². The largest absolute Gasteiger partial charge is 0.481 e. The Morgan fingerprint density at radius 3 is 2.33 bits per heavy atom. The van der Waals surface area contributed by atoms with Gasteiger partial charge in [0.05, 0.1) is 12.0 Å². The maximum Gasteiger partial charge on any atom is 0.317 e. The molecule has 0 aromatic heterocycles. The Labute approximate surface area is 125 Å². The summed E-state index contributed by atoms with van der Waals surface area (Å²) in [5, 5.41) is 14.5. The first-order valence-electron chi connectivity index (χ1n) is 7.34. The van der Waals surface area contributed by atoms with Crippen LogP contribution in [0.3, 0.4) is 0 Å². The van der Waals surface area contributed by atoms with Crippen molar-refractivity contribution in [2.75, 3.05) is 20.6 Å². The molecule has 0 bridgehead atoms. The van der Waals surface area contributed by atoms with Crippen LogP contribution in [0.25, 0.3) is 0 Å². The molecule has 21 heavy (non-hydrogen) atoms. The van der Waals surface area contributed by atoms with Gasteiger partial charge in [0.25, 0.3) is 0 Å². The molecule has 1 aliphatic rings. The number of rotatable bonds is 6. The smallest absolute Gasteiger partial charge is 0.317 e. The van der Waals surface area contributed by atoms with E-state index in [-0.39, 0.29) is 24.8 Å². The minimum atomic E-state index is -0.898. The molecule has 1 rings (SSSR count). The van der Waals surface area contributed by atoms with Gasteiger partial charge in [-0.1, -0.05) is 19.3 Å². The maximum absolute atomic E-state index is 12.2. The van der Waals surface area contributed by atoms with E-state index in [1.165, 1.54) is 4.90 Å². The van der Waals surface area contributed by atoms with Crippen molar-refractivity contribution in [2.24, 2.45) is 0 Å². The van der Waals surface area contributed by atoms with Crippen LogP contribution in [0, 0.1) is 0 Å². The average Bonchev–Trinajstić information content (AvgIpc) is 2.44. The number of carbonyl (C=O) groups excluding carboxylic acids is 2. The zero-order valence-electron chi connectivity index (χ0n) is 12.8. The van der Waals surface area contributed by atoms with E-state index in [0.29, 0.717) is 19.4 Å². The molecule has 7 nitrogen and oxygen atoms in total. The second-order valence-electron chi connectivity index (χ2n) is 5.69. The highest BCUT2D eigenvalue weighted by Gasteiger charge is 2.36. The molecule has 0 atom stereocenters. The molecular formula is C14H25N3O4. The van der Waals surface area contributed by atoms with Crippen molar-refractivity contribution in [1.29, 1.82) is 0 Å². The van der Waals surface area contributed by atoms with E-state index in [9.17, 15) is 14.4 Å². The van der Waals surface area contributed by atoms with Gasteiger partial charge in [0.15, 0.2) is 0 Å². The van der Waals surface area contributed by atoms with Crippen molar-refractivity contribution in [3.05, 3.63) is 0 Å². The molecule has 7 heteroatoms. The van der Waals surface area contributed by atoms with E-state index in [4.69, 9.17) is 5.11 Å². The summed E-state index contributed by atoms with van der Waals surface area (Å²) in [6, 6.07) is -0.318. The Morgan fingerprint density at radius 2 is 1.81 bits per heavy atom. The number of hydrogen-bond acceptors (Lipinski definition) is 3. The normalized spacial score (nSPS) is 16.9. The fraction of sp³-hybridized carbons (Fsp3) is 0.786. The third-order valence-corrected chi connectivity index (χ3v) is 3.97. The highest BCUT2D eigenvalue weighted by molar-refractivity contribution is 5.79. The number of hydrogen-bond donors (Lipinski definition) is 3. The van der Waals surface area contributed by atoms with Crippen LogP contribution in [0.5, 0.6) is 0 Å². The Bertz CT molecular complexity index is 392. The molecule has 0 spiro atoms. The fourth-order valence-corrected chi connectivity index (χ4v) is 2.68. The number of carboxylic acids is 1. The van der Waals surface area contributed by atoms with Crippen molar-refractivity contribution in [1.82, 2.24) is 15.5 Å². The van der Waals surface area contributed by atoms with Gasteiger partial charge in [-0.05, 0) is 12.8 Å². The number of amides is 3. The Hall–Kier alpha value is -1.79. The standard InChI is InChI=1S/C14H25N3O4/c1-15-11(18)6-9-17(2)13(21)16-14(10-12(19)20)7-4-3-5-8-14/h3-10H2,1-2H3,(H,15,18)(H,16,21)(H,19,20). The molecule has 0 saturated heterocycles. The molecule has 120 valence electrons. The zero-order chi connectivity index (χ0) is 15.9. The lowest BCUT2D eigenvalue weighted by Crippen LogP contribution is -2.54. The van der Waals surface area contributed by atoms with E-state index in [2.05, 4.69) is 10.6 Å². The molecular weight excluding hydrogens is 274 g/mol. The number of aliphatic carboxylic acids is 1. The van der Waals surface area contributed by atoms with Gasteiger partial charge in [-0.15, -0.1) is 0 Å². The van der Waals surface area contributed by atoms with Crippen LogP contribution in [0.4, 0.5) is 4.79 Å². The van der Waals surface area contributed by atoms with Crippen LogP contribution >= 0.6 is 0 Å². The quantitative estimate of drug-likeness (QED) is 0.679. The van der Waals surface area contributed by atoms with Gasteiger partial charge >= 0.3 is 12.0 Å². The molecule has 0 aliphatic heterocycles. The van der Waals surface area contributed by atoms with Crippen LogP contribution in [0.1, 0.15) is 44.9 Å². The molecule has 1 saturated carbocycles. The number of carboxylic acid groups (broad SMARTS) is 1. The first kappa shape index (κ1) is 17.3. The fourth-order valence-electron chi connectivity index (χ4n) is 2.68. The summed E-state index contributed by atoms with van der Waals surface area (Å²) >= 11 is 0. The topological polar surface area (TPSA) is 98.7 Å². The highest BCUT2D eigenvalue weighted by Crippen LogP contribution is 2.31. The van der Waals surface area contributed by atoms with Gasteiger partial charge in [0, 0.05) is 27.1 Å². The summed E-state index contributed by atoms with van der Waals surface area (Å²) in [4.78, 5) is 35.9. The zero-order valence-corrected chi connectivity index (χ0v) is 12.8. The van der Waals surface area contributed by atoms with E-state index in [1.54, 1.807) is 14.1 Å². The van der Waals surface area contributed by atoms with Crippen LogP contribution in [-0.4, -0.2) is 54.1 Å². The molecule has 0 aromatic carbocycles. The van der Waals surface area contributed by atoms with Crippen molar-refractivity contribution >= 4 is 17.9 Å². The Balaban J connectivity index is 2.58. The summed E-state index contributed by atoms with van der Waals surface area (Å²) in [5.74, 6) is -1.03. The molecule has 0 heterocycles. The SMILES string of the molecule is CNC(=O)CCN(C)C(=O)NC1(CC(=O)O)CCCCC1. The van der Waals surface area contributed by atoms with Crippen molar-refractivity contribution < 1.29 is 19.5 Å². The highest BCUT2D eigenvalue weighted by atomic mass is 16.4. The Kier molecular flexibility index (Phi) is 6.45. The predicted molar refractivity (Wildman–Crippen MR) is 77.9 cm³/mol. The number of nitrogens with one attached hydrogen (secondary N) is 2. The molecule has 0 radical (unpaired) electrons. The summed E-state index contributed by atoms with van der Waals surface area (Å²) in [6.07, 6.45) is 4.48. The Morgan fingerprint density at radius 1 is 1.19 bits per heavy atom. The molecule has 3 amide bonds. The van der Waals surface area contributed by atoms with Gasteiger partial charge < -0.3 is 20.6 Å². The lowest BCUT2D eigenvalue weighted by molar-refractivity contribution is -0.139. The van der Waals surface area contributed by atoms with Crippen LogP contribution < -0.4 is 10.6 Å². The van der Waals surface area contributed by atoms with Gasteiger partial charge in [-0.3, -0.25) is 9.59 Å². The van der Waals surface area contributed by atoms with Gasteiger partial charge in [0.2, 0.25) is 5.91 Å². The second kappa shape index (κ2) is 7.85. The molecule has 3 N–H and O–H groups in total. The van der Waals surface area contributed by atoms with E-state index in [0.717, 1.165) is 19.3 Å². The van der Waals surface area contributed by atoms with Crippen LogP contribution in [0.2, 0.25) is 0 Å². The second-order valence-corrected chi connectivity index (χ2v) is 5.69. The number of nitrogens with zero attached hydrogens (tertiary/aromatic N) is 1. The third kappa shape index (κ3) is 5.61. The van der Waals surface area contributed by atoms with E-state index >= 15 is 0 Å². The summed E-state index contributed by atoms with van der Waals surface area (Å²) < 4.78 is 0. The van der Waals surface area contributed by atoms with Gasteiger partial charge in [-0.2, -0.15) is 0 Å². The molecule has 1 fully saturated rings. The molecule has 0 aromatic rings. The monoisotopic (exact) mass is 299 g/mol.